The van der Waals surface area contributed by atoms with E-state index in [2.05, 4.69) is 10.6 Å². The molecule has 7 heteroatoms. The SMILES string of the molecule is CC(C)(C)C(=O)CCCNC(=O)C(C)(C)C.CC(C)(C)Oc1cccc(C(=O)NCCCC(=O)C(C)(C)C)c1. The largest absolute Gasteiger partial charge is 0.488 e. The highest BCUT2D eigenvalue weighted by atomic mass is 16.5. The molecular formula is C32H54N2O5. The first-order valence-corrected chi connectivity index (χ1v) is 14.0. The van der Waals surface area contributed by atoms with Gasteiger partial charge in [0, 0.05) is 47.7 Å². The highest BCUT2D eigenvalue weighted by Gasteiger charge is 2.23. The zero-order chi connectivity index (χ0) is 30.7. The van der Waals surface area contributed by atoms with Crippen LogP contribution < -0.4 is 15.4 Å². The van der Waals surface area contributed by atoms with Gasteiger partial charge in [-0.25, -0.2) is 0 Å². The van der Waals surface area contributed by atoms with Crippen molar-refractivity contribution in [3.05, 3.63) is 29.8 Å². The molecule has 0 fully saturated rings. The Morgan fingerprint density at radius 3 is 1.54 bits per heavy atom. The quantitative estimate of drug-likeness (QED) is 0.325. The molecule has 222 valence electrons. The standard InChI is InChI=1S/C19H29NO3.C13H25NO2/c1-18(2,3)16(21)11-8-12-20-17(22)14-9-7-10-15(13-14)23-19(4,5)6;1-12(2,3)10(15)8-7-9-14-11(16)13(4,5)6/h7,9-10,13H,8,11-12H2,1-6H3,(H,20,22);7-9H2,1-6H3,(H,14,16). The second-order valence-corrected chi connectivity index (χ2v) is 14.1. The molecular weight excluding hydrogens is 492 g/mol. The predicted octanol–water partition coefficient (Wildman–Crippen LogP) is 6.53. The molecule has 0 aliphatic heterocycles. The van der Waals surface area contributed by atoms with Gasteiger partial charge in [0.2, 0.25) is 5.91 Å². The van der Waals surface area contributed by atoms with Gasteiger partial charge in [0.1, 0.15) is 22.9 Å². The first-order valence-electron chi connectivity index (χ1n) is 14.0. The highest BCUT2D eigenvalue weighted by molar-refractivity contribution is 5.94. The molecule has 0 radical (unpaired) electrons. The third-order valence-electron chi connectivity index (χ3n) is 5.61. The lowest BCUT2D eigenvalue weighted by Gasteiger charge is -2.21. The summed E-state index contributed by atoms with van der Waals surface area (Å²) in [5.41, 5.74) is -0.679. The third-order valence-corrected chi connectivity index (χ3v) is 5.61. The molecule has 39 heavy (non-hydrogen) atoms. The second-order valence-electron chi connectivity index (χ2n) is 14.1. The predicted molar refractivity (Wildman–Crippen MR) is 159 cm³/mol. The Hall–Kier alpha value is -2.70. The summed E-state index contributed by atoms with van der Waals surface area (Å²) in [7, 11) is 0. The van der Waals surface area contributed by atoms with Crippen LogP contribution in [0.2, 0.25) is 0 Å². The molecule has 0 bridgehead atoms. The molecule has 7 nitrogen and oxygen atoms in total. The van der Waals surface area contributed by atoms with Crippen LogP contribution in [0.4, 0.5) is 0 Å². The maximum atomic E-state index is 12.2. The lowest BCUT2D eigenvalue weighted by Crippen LogP contribution is -2.35. The summed E-state index contributed by atoms with van der Waals surface area (Å²) in [6.45, 7) is 24.1. The number of rotatable bonds is 10. The van der Waals surface area contributed by atoms with E-state index in [1.165, 1.54) is 0 Å². The molecule has 0 unspecified atom stereocenters. The van der Waals surface area contributed by atoms with E-state index in [1.807, 2.05) is 89.2 Å². The summed E-state index contributed by atoms with van der Waals surface area (Å²) in [6, 6.07) is 7.13. The van der Waals surface area contributed by atoms with Crippen molar-refractivity contribution in [1.82, 2.24) is 10.6 Å². The maximum Gasteiger partial charge on any atom is 0.251 e. The first-order chi connectivity index (χ1) is 17.5. The zero-order valence-electron chi connectivity index (χ0n) is 26.6. The number of nitrogens with one attached hydrogen (secondary N) is 2. The topological polar surface area (TPSA) is 102 Å². The van der Waals surface area contributed by atoms with E-state index in [0.29, 0.717) is 43.7 Å². The second kappa shape index (κ2) is 15.2. The molecule has 0 saturated carbocycles. The van der Waals surface area contributed by atoms with Crippen LogP contribution in [0.3, 0.4) is 0 Å². The number of ether oxygens (including phenoxy) is 1. The van der Waals surface area contributed by atoms with Gasteiger partial charge in [0.15, 0.2) is 0 Å². The average molecular weight is 547 g/mol. The van der Waals surface area contributed by atoms with Crippen molar-refractivity contribution in [2.24, 2.45) is 16.2 Å². The van der Waals surface area contributed by atoms with Gasteiger partial charge in [0.25, 0.3) is 5.91 Å². The fourth-order valence-corrected chi connectivity index (χ4v) is 3.07. The fraction of sp³-hybridized carbons (Fsp3) is 0.688. The van der Waals surface area contributed by atoms with Crippen molar-refractivity contribution in [3.63, 3.8) is 0 Å². The van der Waals surface area contributed by atoms with Crippen molar-refractivity contribution in [3.8, 4) is 5.75 Å². The van der Waals surface area contributed by atoms with Gasteiger partial charge in [-0.15, -0.1) is 0 Å². The molecule has 1 aromatic carbocycles. The van der Waals surface area contributed by atoms with E-state index in [0.717, 1.165) is 6.42 Å². The lowest BCUT2D eigenvalue weighted by molar-refractivity contribution is -0.129. The van der Waals surface area contributed by atoms with Crippen LogP contribution in [0, 0.1) is 16.2 Å². The monoisotopic (exact) mass is 546 g/mol. The summed E-state index contributed by atoms with van der Waals surface area (Å²) in [4.78, 5) is 47.1. The molecule has 1 rings (SSSR count). The molecule has 1 aromatic rings. The number of ketones is 2. The minimum atomic E-state index is -0.353. The van der Waals surface area contributed by atoms with Crippen LogP contribution in [-0.4, -0.2) is 42.1 Å². The van der Waals surface area contributed by atoms with E-state index in [-0.39, 0.29) is 45.2 Å². The smallest absolute Gasteiger partial charge is 0.251 e. The van der Waals surface area contributed by atoms with E-state index in [9.17, 15) is 19.2 Å². The number of carbonyl (C=O) groups excluding carboxylic acids is 4. The zero-order valence-corrected chi connectivity index (χ0v) is 26.6. The molecule has 0 aliphatic carbocycles. The summed E-state index contributed by atoms with van der Waals surface area (Å²) in [5, 5.41) is 5.69. The molecule has 0 heterocycles. The van der Waals surface area contributed by atoms with Crippen molar-refractivity contribution in [2.45, 2.75) is 114 Å². The molecule has 0 saturated heterocycles. The number of amides is 2. The van der Waals surface area contributed by atoms with Gasteiger partial charge in [0.05, 0.1) is 0 Å². The van der Waals surface area contributed by atoms with Crippen LogP contribution in [0.15, 0.2) is 24.3 Å². The number of benzene rings is 1. The number of carbonyl (C=O) groups is 4. The minimum Gasteiger partial charge on any atom is -0.488 e. The van der Waals surface area contributed by atoms with Crippen LogP contribution >= 0.6 is 0 Å². The number of Topliss-reactive ketones (excluding diaryl/α,β-unsaturated/α-hetero) is 2. The van der Waals surface area contributed by atoms with Gasteiger partial charge in [-0.2, -0.15) is 0 Å². The van der Waals surface area contributed by atoms with Gasteiger partial charge < -0.3 is 15.4 Å². The van der Waals surface area contributed by atoms with E-state index < -0.39 is 0 Å². The van der Waals surface area contributed by atoms with Gasteiger partial charge in [-0.3, -0.25) is 19.2 Å². The lowest BCUT2D eigenvalue weighted by atomic mass is 9.88. The van der Waals surface area contributed by atoms with Crippen molar-refractivity contribution >= 4 is 23.4 Å². The fourth-order valence-electron chi connectivity index (χ4n) is 3.07. The van der Waals surface area contributed by atoms with Gasteiger partial charge in [-0.1, -0.05) is 68.4 Å². The summed E-state index contributed by atoms with van der Waals surface area (Å²) < 4.78 is 5.76. The molecule has 2 N–H and O–H groups in total. The summed E-state index contributed by atoms with van der Waals surface area (Å²) in [5.74, 6) is 1.03. The molecule has 0 aliphatic rings. The van der Waals surface area contributed by atoms with Crippen LogP contribution in [0.25, 0.3) is 0 Å². The van der Waals surface area contributed by atoms with Crippen molar-refractivity contribution in [1.29, 1.82) is 0 Å². The maximum absolute atomic E-state index is 12.2. The van der Waals surface area contributed by atoms with E-state index in [1.54, 1.807) is 18.2 Å². The Balaban J connectivity index is 0.000000794. The van der Waals surface area contributed by atoms with E-state index >= 15 is 0 Å². The Kier molecular flexibility index (Phi) is 14.1. The van der Waals surface area contributed by atoms with Gasteiger partial charge in [-0.05, 0) is 51.8 Å². The van der Waals surface area contributed by atoms with E-state index in [4.69, 9.17) is 4.74 Å². The Morgan fingerprint density at radius 2 is 1.13 bits per heavy atom. The Labute approximate surface area is 237 Å². The summed E-state index contributed by atoms with van der Waals surface area (Å²) >= 11 is 0. The van der Waals surface area contributed by atoms with Gasteiger partial charge >= 0.3 is 0 Å². The van der Waals surface area contributed by atoms with Crippen LogP contribution in [-0.2, 0) is 14.4 Å². The molecule has 0 atom stereocenters. The Bertz CT molecular complexity index is 926. The molecule has 0 aromatic heterocycles. The molecule has 2 amide bonds. The van der Waals surface area contributed by atoms with Crippen LogP contribution in [0.5, 0.6) is 5.75 Å². The summed E-state index contributed by atoms with van der Waals surface area (Å²) in [6.07, 6.45) is 2.39. The number of hydrogen-bond donors (Lipinski definition) is 2. The molecule has 0 spiro atoms. The number of hydrogen-bond acceptors (Lipinski definition) is 5. The highest BCUT2D eigenvalue weighted by Crippen LogP contribution is 2.20. The minimum absolute atomic E-state index is 0.0377. The Morgan fingerprint density at radius 1 is 0.667 bits per heavy atom. The first kappa shape index (κ1) is 36.3. The van der Waals surface area contributed by atoms with Crippen molar-refractivity contribution in [2.75, 3.05) is 13.1 Å². The normalized spacial score (nSPS) is 12.1. The third kappa shape index (κ3) is 16.8. The average Bonchev–Trinajstić information content (AvgIpc) is 2.76. The van der Waals surface area contributed by atoms with Crippen LogP contribution in [0.1, 0.15) is 119 Å². The van der Waals surface area contributed by atoms with Crippen molar-refractivity contribution < 1.29 is 23.9 Å².